The summed E-state index contributed by atoms with van der Waals surface area (Å²) in [4.78, 5) is 45.1. The summed E-state index contributed by atoms with van der Waals surface area (Å²) in [5.74, 6) is -2.58. The minimum atomic E-state index is -3.87. The lowest BCUT2D eigenvalue weighted by molar-refractivity contribution is -0.138. The van der Waals surface area contributed by atoms with E-state index >= 15 is 0 Å². The topological polar surface area (TPSA) is 95.1 Å². The Morgan fingerprint density at radius 3 is 2.31 bits per heavy atom. The lowest BCUT2D eigenvalue weighted by Gasteiger charge is -2.38. The number of anilines is 1. The molecule has 204 valence electrons. The first-order chi connectivity index (χ1) is 18.6. The van der Waals surface area contributed by atoms with Crippen LogP contribution in [-0.4, -0.2) is 59.7 Å². The predicted octanol–water partition coefficient (Wildman–Crippen LogP) is 3.04. The second-order valence-electron chi connectivity index (χ2n) is 12.6. The Kier molecular flexibility index (Phi) is 5.27. The Hall–Kier alpha value is -3.04. The summed E-state index contributed by atoms with van der Waals surface area (Å²) in [7, 11) is -3.87. The fourth-order valence-electron chi connectivity index (χ4n) is 8.72. The number of benzene rings is 2. The normalized spacial score (nSPS) is 36.0. The Morgan fingerprint density at radius 2 is 1.64 bits per heavy atom. The number of para-hydroxylation sites is 1. The third-order valence-corrected chi connectivity index (χ3v) is 12.7. The molecule has 39 heavy (non-hydrogen) atoms. The molecular formula is C30H33N3O5S. The maximum Gasteiger partial charge on any atom is 0.254 e. The van der Waals surface area contributed by atoms with Gasteiger partial charge in [0.05, 0.1) is 29.3 Å². The van der Waals surface area contributed by atoms with E-state index in [4.69, 9.17) is 0 Å². The van der Waals surface area contributed by atoms with Crippen molar-refractivity contribution < 1.29 is 22.8 Å². The van der Waals surface area contributed by atoms with E-state index in [0.717, 1.165) is 18.4 Å². The lowest BCUT2D eigenvalue weighted by Crippen LogP contribution is -2.54. The third-order valence-electron chi connectivity index (χ3n) is 10.8. The van der Waals surface area contributed by atoms with Crippen molar-refractivity contribution in [1.82, 2.24) is 9.21 Å². The number of fused-ring (bicyclic) bond motifs is 2. The number of imide groups is 1. The zero-order valence-electron chi connectivity index (χ0n) is 22.2. The van der Waals surface area contributed by atoms with Crippen LogP contribution in [-0.2, 0) is 31.0 Å². The molecule has 0 aromatic heterocycles. The second-order valence-corrected chi connectivity index (χ2v) is 14.4. The summed E-state index contributed by atoms with van der Waals surface area (Å²) in [6.45, 7) is 4.88. The maximum atomic E-state index is 14.6. The molecule has 2 aromatic carbocycles. The van der Waals surface area contributed by atoms with Crippen molar-refractivity contribution in [2.45, 2.75) is 51.7 Å². The highest BCUT2D eigenvalue weighted by molar-refractivity contribution is 7.90. The smallest absolute Gasteiger partial charge is 0.254 e. The average Bonchev–Trinajstić information content (AvgIpc) is 3.59. The number of nitrogens with zero attached hydrogens (tertiary/aromatic N) is 3. The zero-order chi connectivity index (χ0) is 27.3. The van der Waals surface area contributed by atoms with Crippen LogP contribution in [0.1, 0.15) is 38.7 Å². The van der Waals surface area contributed by atoms with E-state index in [1.807, 2.05) is 41.3 Å². The summed E-state index contributed by atoms with van der Waals surface area (Å²) in [5, 5.41) is 0. The SMILES string of the molecule is CC1(C)[C@H]2CC[C@@]13CS(=O)(=O)N(C(=O)[C@H]1[C@H]4C(=O)N(c5ccccc5)C(=O)[C@H]4CN1Cc1ccccc1)[C@H]3C2. The molecule has 6 atom stereocenters. The molecule has 3 saturated heterocycles. The first-order valence-corrected chi connectivity index (χ1v) is 15.4. The molecule has 1 spiro atoms. The Bertz CT molecular complexity index is 1480. The molecule has 3 heterocycles. The highest BCUT2D eigenvalue weighted by atomic mass is 32.2. The molecule has 2 bridgehead atoms. The number of carbonyl (C=O) groups excluding carboxylic acids is 3. The van der Waals surface area contributed by atoms with Crippen LogP contribution in [0.3, 0.4) is 0 Å². The second kappa shape index (κ2) is 8.24. The van der Waals surface area contributed by atoms with E-state index in [9.17, 15) is 22.8 Å². The molecule has 3 amide bonds. The molecular weight excluding hydrogens is 514 g/mol. The number of sulfonamides is 1. The van der Waals surface area contributed by atoms with Gasteiger partial charge in [0.15, 0.2) is 0 Å². The van der Waals surface area contributed by atoms with Crippen molar-refractivity contribution in [2.75, 3.05) is 17.2 Å². The molecule has 7 rings (SSSR count). The number of likely N-dealkylation sites (tertiary alicyclic amines) is 1. The fourth-order valence-corrected chi connectivity index (χ4v) is 11.3. The number of carbonyl (C=O) groups is 3. The van der Waals surface area contributed by atoms with E-state index in [0.29, 0.717) is 24.6 Å². The molecule has 9 heteroatoms. The van der Waals surface area contributed by atoms with Gasteiger partial charge in [-0.25, -0.2) is 17.6 Å². The minimum Gasteiger partial charge on any atom is -0.286 e. The van der Waals surface area contributed by atoms with Crippen LogP contribution < -0.4 is 4.90 Å². The largest absolute Gasteiger partial charge is 0.286 e. The molecule has 0 N–H and O–H groups in total. The standard InChI is InChI=1S/C30H33N3O5S/c1-29(2)20-13-14-30(29)18-39(37,38)33(23(30)15-20)28(36)25-24-22(17-31(25)16-19-9-5-3-6-10-19)26(34)32(27(24)35)21-11-7-4-8-12-21/h3-12,20,22-25H,13-18H2,1-2H3/t20-,22-,23-,24-,25+,30-/m0/s1. The van der Waals surface area contributed by atoms with E-state index in [1.54, 1.807) is 24.3 Å². The quantitative estimate of drug-likeness (QED) is 0.546. The Balaban J connectivity index is 1.29. The van der Waals surface area contributed by atoms with Crippen LogP contribution in [0.15, 0.2) is 60.7 Å². The molecule has 3 aliphatic heterocycles. The number of rotatable bonds is 4. The van der Waals surface area contributed by atoms with Gasteiger partial charge >= 0.3 is 0 Å². The molecule has 2 aromatic rings. The molecule has 2 saturated carbocycles. The number of hydrogen-bond acceptors (Lipinski definition) is 6. The maximum absolute atomic E-state index is 14.6. The Morgan fingerprint density at radius 1 is 0.974 bits per heavy atom. The summed E-state index contributed by atoms with van der Waals surface area (Å²) in [6, 6.07) is 16.9. The van der Waals surface area contributed by atoms with Crippen LogP contribution in [0.2, 0.25) is 0 Å². The van der Waals surface area contributed by atoms with E-state index in [2.05, 4.69) is 13.8 Å². The molecule has 0 radical (unpaired) electrons. The van der Waals surface area contributed by atoms with Gasteiger partial charge in [0.25, 0.3) is 5.91 Å². The van der Waals surface area contributed by atoms with Crippen LogP contribution in [0.5, 0.6) is 0 Å². The minimum absolute atomic E-state index is 0.0254. The van der Waals surface area contributed by atoms with Gasteiger partial charge in [-0.1, -0.05) is 62.4 Å². The molecule has 0 unspecified atom stereocenters. The van der Waals surface area contributed by atoms with Gasteiger partial charge in [-0.2, -0.15) is 0 Å². The van der Waals surface area contributed by atoms with Crippen LogP contribution in [0.25, 0.3) is 0 Å². The molecule has 2 aliphatic carbocycles. The number of amides is 3. The highest BCUT2D eigenvalue weighted by Gasteiger charge is 2.73. The van der Waals surface area contributed by atoms with Crippen molar-refractivity contribution in [3.8, 4) is 0 Å². The van der Waals surface area contributed by atoms with Gasteiger partial charge in [0.2, 0.25) is 21.8 Å². The molecule has 8 nitrogen and oxygen atoms in total. The summed E-state index contributed by atoms with van der Waals surface area (Å²) >= 11 is 0. The summed E-state index contributed by atoms with van der Waals surface area (Å²) < 4.78 is 28.7. The van der Waals surface area contributed by atoms with Gasteiger partial charge in [-0.3, -0.25) is 19.3 Å². The fraction of sp³-hybridized carbons (Fsp3) is 0.500. The predicted molar refractivity (Wildman–Crippen MR) is 145 cm³/mol. The first-order valence-electron chi connectivity index (χ1n) is 13.8. The summed E-state index contributed by atoms with van der Waals surface area (Å²) in [5.41, 5.74) is 0.785. The number of hydrogen-bond donors (Lipinski definition) is 0. The Labute approximate surface area is 229 Å². The lowest BCUT2D eigenvalue weighted by atomic mass is 9.69. The third kappa shape index (κ3) is 3.26. The molecule has 5 aliphatic rings. The van der Waals surface area contributed by atoms with Gasteiger partial charge in [-0.05, 0) is 48.3 Å². The molecule has 5 fully saturated rings. The van der Waals surface area contributed by atoms with E-state index in [1.165, 1.54) is 9.21 Å². The van der Waals surface area contributed by atoms with Crippen LogP contribution >= 0.6 is 0 Å². The van der Waals surface area contributed by atoms with Gasteiger partial charge in [0.1, 0.15) is 6.04 Å². The first kappa shape index (κ1) is 25.0. The van der Waals surface area contributed by atoms with Crippen molar-refractivity contribution in [1.29, 1.82) is 0 Å². The van der Waals surface area contributed by atoms with Gasteiger partial charge < -0.3 is 0 Å². The zero-order valence-corrected chi connectivity index (χ0v) is 23.0. The summed E-state index contributed by atoms with van der Waals surface area (Å²) in [6.07, 6.45) is 2.44. The van der Waals surface area contributed by atoms with Crippen molar-refractivity contribution in [3.05, 3.63) is 66.2 Å². The average molecular weight is 548 g/mol. The van der Waals surface area contributed by atoms with Crippen molar-refractivity contribution >= 4 is 33.4 Å². The van der Waals surface area contributed by atoms with Crippen molar-refractivity contribution in [3.63, 3.8) is 0 Å². The van der Waals surface area contributed by atoms with Crippen LogP contribution in [0, 0.1) is 28.6 Å². The van der Waals surface area contributed by atoms with E-state index < -0.39 is 45.1 Å². The van der Waals surface area contributed by atoms with E-state index in [-0.39, 0.29) is 29.7 Å². The monoisotopic (exact) mass is 547 g/mol. The van der Waals surface area contributed by atoms with Crippen molar-refractivity contribution in [2.24, 2.45) is 28.6 Å². The van der Waals surface area contributed by atoms with Gasteiger partial charge in [0, 0.05) is 18.5 Å². The van der Waals surface area contributed by atoms with Gasteiger partial charge in [-0.15, -0.1) is 0 Å². The highest BCUT2D eigenvalue weighted by Crippen LogP contribution is 2.70. The van der Waals surface area contributed by atoms with Crippen LogP contribution in [0.4, 0.5) is 5.69 Å².